The van der Waals surface area contributed by atoms with Crippen molar-refractivity contribution in [2.75, 3.05) is 0 Å². The van der Waals surface area contributed by atoms with E-state index in [-0.39, 0.29) is 5.41 Å². The van der Waals surface area contributed by atoms with Crippen LogP contribution in [-0.4, -0.2) is 10.3 Å². The summed E-state index contributed by atoms with van der Waals surface area (Å²) in [6.07, 6.45) is -0.575. The molecule has 1 N–H and O–H groups in total. The van der Waals surface area contributed by atoms with Crippen molar-refractivity contribution in [3.05, 3.63) is 17.5 Å². The Hall–Kier alpha value is -0.830. The van der Waals surface area contributed by atoms with E-state index in [0.717, 1.165) is 5.69 Å². The fourth-order valence-electron chi connectivity index (χ4n) is 0.840. The Balaban J connectivity index is 2.92. The van der Waals surface area contributed by atoms with Gasteiger partial charge < -0.3 is 9.63 Å². The second-order valence-corrected chi connectivity index (χ2v) is 4.04. The summed E-state index contributed by atoms with van der Waals surface area (Å²) in [5.74, 6) is 0.528. The first kappa shape index (κ1) is 9.26. The van der Waals surface area contributed by atoms with Crippen LogP contribution in [0.1, 0.15) is 45.3 Å². The summed E-state index contributed by atoms with van der Waals surface area (Å²) in [4.78, 5) is 0. The van der Waals surface area contributed by atoms with E-state index in [1.807, 2.05) is 0 Å². The summed E-state index contributed by atoms with van der Waals surface area (Å²) in [7, 11) is 0. The molecule has 3 nitrogen and oxygen atoms in total. The van der Waals surface area contributed by atoms with Gasteiger partial charge in [-0.2, -0.15) is 0 Å². The lowest BCUT2D eigenvalue weighted by Crippen LogP contribution is -2.11. The van der Waals surface area contributed by atoms with Crippen LogP contribution in [0.15, 0.2) is 10.6 Å². The molecule has 0 aliphatic heterocycles. The highest BCUT2D eigenvalue weighted by molar-refractivity contribution is 5.14. The van der Waals surface area contributed by atoms with Gasteiger partial charge in [0, 0.05) is 11.5 Å². The van der Waals surface area contributed by atoms with Gasteiger partial charge in [0.05, 0.1) is 5.69 Å². The molecule has 1 rings (SSSR count). The quantitative estimate of drug-likeness (QED) is 0.699. The van der Waals surface area contributed by atoms with E-state index in [9.17, 15) is 0 Å². The molecule has 0 saturated heterocycles. The van der Waals surface area contributed by atoms with E-state index in [2.05, 4.69) is 25.9 Å². The van der Waals surface area contributed by atoms with Crippen molar-refractivity contribution in [1.29, 1.82) is 0 Å². The van der Waals surface area contributed by atoms with Crippen molar-refractivity contribution in [3.63, 3.8) is 0 Å². The Morgan fingerprint density at radius 3 is 2.33 bits per heavy atom. The fourth-order valence-corrected chi connectivity index (χ4v) is 0.840. The van der Waals surface area contributed by atoms with E-state index >= 15 is 0 Å². The predicted octanol–water partition coefficient (Wildman–Crippen LogP) is 2.03. The molecule has 68 valence electrons. The van der Waals surface area contributed by atoms with E-state index in [1.54, 1.807) is 13.0 Å². The third-order valence-corrected chi connectivity index (χ3v) is 1.71. The van der Waals surface area contributed by atoms with Gasteiger partial charge in [-0.15, -0.1) is 0 Å². The number of hydrogen-bond donors (Lipinski definition) is 1. The smallest absolute Gasteiger partial charge is 0.165 e. The number of aromatic nitrogens is 1. The minimum Gasteiger partial charge on any atom is -0.385 e. The van der Waals surface area contributed by atoms with Crippen molar-refractivity contribution in [1.82, 2.24) is 5.16 Å². The van der Waals surface area contributed by atoms with Crippen LogP contribution >= 0.6 is 0 Å². The van der Waals surface area contributed by atoms with E-state index in [4.69, 9.17) is 9.63 Å². The van der Waals surface area contributed by atoms with Gasteiger partial charge in [-0.3, -0.25) is 0 Å². The van der Waals surface area contributed by atoms with Crippen molar-refractivity contribution < 1.29 is 9.63 Å². The largest absolute Gasteiger partial charge is 0.385 e. The standard InChI is InChI=1S/C9H15NO2/c1-6(11)7-5-8(10-12-7)9(2,3)4/h5-6,11H,1-4H3. The van der Waals surface area contributed by atoms with Crippen LogP contribution in [0.2, 0.25) is 0 Å². The van der Waals surface area contributed by atoms with Crippen molar-refractivity contribution in [2.45, 2.75) is 39.2 Å². The second-order valence-electron chi connectivity index (χ2n) is 4.04. The van der Waals surface area contributed by atoms with E-state index < -0.39 is 6.10 Å². The van der Waals surface area contributed by atoms with E-state index in [1.165, 1.54) is 0 Å². The Bertz CT molecular complexity index is 258. The Morgan fingerprint density at radius 2 is 2.08 bits per heavy atom. The summed E-state index contributed by atoms with van der Waals surface area (Å²) in [6, 6.07) is 1.80. The topological polar surface area (TPSA) is 46.3 Å². The molecule has 1 aromatic heterocycles. The monoisotopic (exact) mass is 169 g/mol. The molecule has 1 unspecified atom stereocenters. The van der Waals surface area contributed by atoms with Crippen LogP contribution in [0.3, 0.4) is 0 Å². The predicted molar refractivity (Wildman–Crippen MR) is 45.8 cm³/mol. The normalized spacial score (nSPS) is 14.8. The van der Waals surface area contributed by atoms with Gasteiger partial charge >= 0.3 is 0 Å². The molecule has 0 spiro atoms. The Kier molecular flexibility index (Phi) is 2.24. The van der Waals surface area contributed by atoms with Crippen molar-refractivity contribution >= 4 is 0 Å². The third-order valence-electron chi connectivity index (χ3n) is 1.71. The van der Waals surface area contributed by atoms with Crippen molar-refractivity contribution in [3.8, 4) is 0 Å². The number of aliphatic hydroxyl groups is 1. The highest BCUT2D eigenvalue weighted by atomic mass is 16.5. The molecule has 12 heavy (non-hydrogen) atoms. The summed E-state index contributed by atoms with van der Waals surface area (Å²) in [6.45, 7) is 7.82. The summed E-state index contributed by atoms with van der Waals surface area (Å²) in [5.41, 5.74) is 0.856. The molecule has 1 atom stereocenters. The Morgan fingerprint density at radius 1 is 1.50 bits per heavy atom. The zero-order valence-electron chi connectivity index (χ0n) is 7.96. The summed E-state index contributed by atoms with van der Waals surface area (Å²) < 4.78 is 4.95. The van der Waals surface area contributed by atoms with Gasteiger partial charge in [-0.25, -0.2) is 0 Å². The van der Waals surface area contributed by atoms with Gasteiger partial charge in [0.1, 0.15) is 6.10 Å². The Labute approximate surface area is 72.4 Å². The first-order chi connectivity index (χ1) is 5.41. The molecule has 0 fully saturated rings. The molecule has 0 aliphatic carbocycles. The molecule has 0 aromatic carbocycles. The van der Waals surface area contributed by atoms with Crippen molar-refractivity contribution in [2.24, 2.45) is 0 Å². The molecule has 0 radical (unpaired) electrons. The van der Waals surface area contributed by atoms with Crippen LogP contribution in [0, 0.1) is 0 Å². The first-order valence-electron chi connectivity index (χ1n) is 4.06. The van der Waals surface area contributed by atoms with Crippen LogP contribution in [0.4, 0.5) is 0 Å². The second kappa shape index (κ2) is 2.90. The highest BCUT2D eigenvalue weighted by Gasteiger charge is 2.20. The molecule has 1 heterocycles. The minimum absolute atomic E-state index is 0.0172. The zero-order valence-corrected chi connectivity index (χ0v) is 7.96. The molecule has 1 aromatic rings. The summed E-state index contributed by atoms with van der Waals surface area (Å²) >= 11 is 0. The molecule has 0 saturated carbocycles. The summed E-state index contributed by atoms with van der Waals surface area (Å²) in [5, 5.41) is 13.0. The molecular formula is C9H15NO2. The SMILES string of the molecule is CC(O)c1cc(C(C)(C)C)no1. The number of hydrogen-bond acceptors (Lipinski definition) is 3. The van der Waals surface area contributed by atoms with E-state index in [0.29, 0.717) is 5.76 Å². The van der Waals surface area contributed by atoms with Crippen LogP contribution < -0.4 is 0 Å². The molecule has 0 amide bonds. The van der Waals surface area contributed by atoms with Crippen LogP contribution in [0.5, 0.6) is 0 Å². The maximum atomic E-state index is 9.17. The van der Waals surface area contributed by atoms with Crippen LogP contribution in [0.25, 0.3) is 0 Å². The minimum atomic E-state index is -0.575. The highest BCUT2D eigenvalue weighted by Crippen LogP contribution is 2.23. The maximum Gasteiger partial charge on any atom is 0.165 e. The average molecular weight is 169 g/mol. The molecule has 0 bridgehead atoms. The fraction of sp³-hybridized carbons (Fsp3) is 0.667. The van der Waals surface area contributed by atoms with Gasteiger partial charge in [-0.1, -0.05) is 25.9 Å². The zero-order chi connectivity index (χ0) is 9.35. The average Bonchev–Trinajstić information content (AvgIpc) is 2.30. The van der Waals surface area contributed by atoms with Gasteiger partial charge in [-0.05, 0) is 6.92 Å². The van der Waals surface area contributed by atoms with Gasteiger partial charge in [0.2, 0.25) is 0 Å². The van der Waals surface area contributed by atoms with Gasteiger partial charge in [0.15, 0.2) is 5.76 Å². The molecular weight excluding hydrogens is 154 g/mol. The molecule has 0 aliphatic rings. The van der Waals surface area contributed by atoms with Gasteiger partial charge in [0.25, 0.3) is 0 Å². The number of nitrogens with zero attached hydrogens (tertiary/aromatic N) is 1. The number of aliphatic hydroxyl groups excluding tert-OH is 1. The van der Waals surface area contributed by atoms with Crippen LogP contribution in [-0.2, 0) is 5.41 Å². The lowest BCUT2D eigenvalue weighted by atomic mass is 9.92. The first-order valence-corrected chi connectivity index (χ1v) is 4.06. The third kappa shape index (κ3) is 1.85. The molecule has 3 heteroatoms. The lowest BCUT2D eigenvalue weighted by molar-refractivity contribution is 0.157. The lowest BCUT2D eigenvalue weighted by Gasteiger charge is -2.12. The number of rotatable bonds is 1. The maximum absolute atomic E-state index is 9.17.